The first-order valence-electron chi connectivity index (χ1n) is 8.45. The molecule has 0 spiro atoms. The Morgan fingerprint density at radius 1 is 1.04 bits per heavy atom. The molecule has 0 aliphatic rings. The van der Waals surface area contributed by atoms with Gasteiger partial charge in [-0.05, 0) is 35.9 Å². The second kappa shape index (κ2) is 9.05. The predicted octanol–water partition coefficient (Wildman–Crippen LogP) is 4.01. The second-order valence-electron chi connectivity index (χ2n) is 5.77. The number of rotatable bonds is 7. The van der Waals surface area contributed by atoms with Crippen LogP contribution in [0.1, 0.15) is 16.1 Å². The lowest BCUT2D eigenvalue weighted by Gasteiger charge is -2.11. The number of halogens is 1. The maximum absolute atomic E-state index is 12.5. The van der Waals surface area contributed by atoms with Gasteiger partial charge in [-0.1, -0.05) is 29.8 Å². The molecule has 3 rings (SSSR count). The van der Waals surface area contributed by atoms with E-state index in [9.17, 15) is 4.79 Å². The summed E-state index contributed by atoms with van der Waals surface area (Å²) in [6, 6.07) is 15.9. The lowest BCUT2D eigenvalue weighted by molar-refractivity contribution is 0.102. The molecule has 0 bridgehead atoms. The molecule has 0 unspecified atom stereocenters. The van der Waals surface area contributed by atoms with Crippen LogP contribution in [-0.4, -0.2) is 30.3 Å². The fourth-order valence-corrected chi connectivity index (χ4v) is 2.68. The Balaban J connectivity index is 1.66. The highest BCUT2D eigenvalue weighted by Gasteiger charge is 2.13. The van der Waals surface area contributed by atoms with Crippen LogP contribution < -0.4 is 20.1 Å². The van der Waals surface area contributed by atoms with Crippen molar-refractivity contribution in [2.45, 2.75) is 6.54 Å². The van der Waals surface area contributed by atoms with Crippen LogP contribution in [0.2, 0.25) is 5.02 Å². The summed E-state index contributed by atoms with van der Waals surface area (Å²) >= 11 is 6.13. The van der Waals surface area contributed by atoms with E-state index in [0.717, 1.165) is 5.56 Å². The van der Waals surface area contributed by atoms with E-state index in [0.29, 0.717) is 34.6 Å². The highest BCUT2D eigenvalue weighted by atomic mass is 35.5. The van der Waals surface area contributed by atoms with Crippen molar-refractivity contribution >= 4 is 29.0 Å². The van der Waals surface area contributed by atoms with Crippen LogP contribution in [0.25, 0.3) is 0 Å². The lowest BCUT2D eigenvalue weighted by Crippen LogP contribution is -2.15. The molecule has 0 fully saturated rings. The molecule has 2 N–H and O–H groups in total. The van der Waals surface area contributed by atoms with Crippen molar-refractivity contribution in [3.8, 4) is 11.5 Å². The molecule has 0 aliphatic heterocycles. The van der Waals surface area contributed by atoms with Gasteiger partial charge in [-0.3, -0.25) is 4.79 Å². The van der Waals surface area contributed by atoms with E-state index < -0.39 is 5.91 Å². The highest BCUT2D eigenvalue weighted by molar-refractivity contribution is 6.31. The first-order chi connectivity index (χ1) is 13.6. The number of carbonyl (C=O) groups is 1. The average Bonchev–Trinajstić information content (AvgIpc) is 2.73. The van der Waals surface area contributed by atoms with Crippen molar-refractivity contribution in [1.82, 2.24) is 10.2 Å². The summed E-state index contributed by atoms with van der Waals surface area (Å²) < 4.78 is 10.4. The van der Waals surface area contributed by atoms with Gasteiger partial charge < -0.3 is 20.1 Å². The number of hydrogen-bond acceptors (Lipinski definition) is 6. The van der Waals surface area contributed by atoms with Gasteiger partial charge >= 0.3 is 0 Å². The summed E-state index contributed by atoms with van der Waals surface area (Å²) in [6.45, 7) is 0.501. The van der Waals surface area contributed by atoms with E-state index in [4.69, 9.17) is 21.1 Å². The number of carbonyl (C=O) groups excluding carboxylic acids is 1. The molecule has 1 aromatic heterocycles. The molecule has 28 heavy (non-hydrogen) atoms. The molecule has 144 valence electrons. The molecule has 8 heteroatoms. The first kappa shape index (κ1) is 19.4. The predicted molar refractivity (Wildman–Crippen MR) is 108 cm³/mol. The first-order valence-corrected chi connectivity index (χ1v) is 8.83. The number of hydrogen-bond donors (Lipinski definition) is 2. The summed E-state index contributed by atoms with van der Waals surface area (Å²) in [5.74, 6) is 1.24. The zero-order valence-corrected chi connectivity index (χ0v) is 16.2. The third-order valence-corrected chi connectivity index (χ3v) is 4.34. The molecule has 1 amide bonds. The van der Waals surface area contributed by atoms with Crippen LogP contribution in [0.5, 0.6) is 11.5 Å². The van der Waals surface area contributed by atoms with Gasteiger partial charge in [-0.2, -0.15) is 0 Å². The zero-order chi connectivity index (χ0) is 19.9. The van der Waals surface area contributed by atoms with Gasteiger partial charge in [0.1, 0.15) is 17.3 Å². The molecule has 7 nitrogen and oxygen atoms in total. The van der Waals surface area contributed by atoms with Gasteiger partial charge in [0.25, 0.3) is 5.91 Å². The lowest BCUT2D eigenvalue weighted by atomic mass is 10.2. The van der Waals surface area contributed by atoms with Crippen LogP contribution in [0.3, 0.4) is 0 Å². The third-order valence-electron chi connectivity index (χ3n) is 3.97. The maximum atomic E-state index is 12.5. The number of benzene rings is 2. The van der Waals surface area contributed by atoms with Crippen LogP contribution in [0.15, 0.2) is 54.6 Å². The standard InChI is InChI=1S/C20H19ClN4O3/c1-27-14-7-9-18(28-2)17(11-14)23-20(26)16-8-10-19(25-24-16)22-12-13-5-3-4-6-15(13)21/h3-11H,12H2,1-2H3,(H,22,25)(H,23,26). The monoisotopic (exact) mass is 398 g/mol. The Bertz CT molecular complexity index is 964. The summed E-state index contributed by atoms with van der Waals surface area (Å²) in [6.07, 6.45) is 0. The zero-order valence-electron chi connectivity index (χ0n) is 15.4. The number of ether oxygens (including phenoxy) is 2. The van der Waals surface area contributed by atoms with Gasteiger partial charge in [0.05, 0.1) is 19.9 Å². The molecule has 1 heterocycles. The van der Waals surface area contributed by atoms with E-state index >= 15 is 0 Å². The molecule has 2 aromatic carbocycles. The maximum Gasteiger partial charge on any atom is 0.276 e. The third kappa shape index (κ3) is 4.69. The normalized spacial score (nSPS) is 10.2. The van der Waals surface area contributed by atoms with Gasteiger partial charge in [-0.25, -0.2) is 0 Å². The van der Waals surface area contributed by atoms with Gasteiger partial charge in [0.15, 0.2) is 5.69 Å². The molecule has 0 saturated heterocycles. The van der Waals surface area contributed by atoms with Crippen LogP contribution in [-0.2, 0) is 6.54 Å². The number of nitrogens with one attached hydrogen (secondary N) is 2. The van der Waals surface area contributed by atoms with Crippen LogP contribution in [0, 0.1) is 0 Å². The largest absolute Gasteiger partial charge is 0.497 e. The highest BCUT2D eigenvalue weighted by Crippen LogP contribution is 2.29. The van der Waals surface area contributed by atoms with Crippen LogP contribution in [0.4, 0.5) is 11.5 Å². The molecule has 3 aromatic rings. The minimum absolute atomic E-state index is 0.174. The fraction of sp³-hybridized carbons (Fsp3) is 0.150. The molecular formula is C20H19ClN4O3. The minimum Gasteiger partial charge on any atom is -0.497 e. The van der Waals surface area contributed by atoms with Gasteiger partial charge in [0, 0.05) is 17.6 Å². The second-order valence-corrected chi connectivity index (χ2v) is 6.18. The van der Waals surface area contributed by atoms with Crippen molar-refractivity contribution < 1.29 is 14.3 Å². The van der Waals surface area contributed by atoms with Crippen molar-refractivity contribution in [2.75, 3.05) is 24.9 Å². The SMILES string of the molecule is COc1ccc(OC)c(NC(=O)c2ccc(NCc3ccccc3Cl)nn2)c1. The molecular weight excluding hydrogens is 380 g/mol. The summed E-state index contributed by atoms with van der Waals surface area (Å²) in [4.78, 5) is 12.5. The smallest absolute Gasteiger partial charge is 0.276 e. The Morgan fingerprint density at radius 2 is 1.86 bits per heavy atom. The van der Waals surface area contributed by atoms with E-state index in [1.54, 1.807) is 37.4 Å². The van der Waals surface area contributed by atoms with Gasteiger partial charge in [0.2, 0.25) is 0 Å². The number of nitrogens with zero attached hydrogens (tertiary/aromatic N) is 2. The quantitative estimate of drug-likeness (QED) is 0.625. The summed E-state index contributed by atoms with van der Waals surface area (Å²) in [7, 11) is 3.07. The molecule has 0 atom stereocenters. The van der Waals surface area contributed by atoms with Crippen molar-refractivity contribution in [3.63, 3.8) is 0 Å². The Hall–Kier alpha value is -3.32. The molecule has 0 saturated carbocycles. The van der Waals surface area contributed by atoms with Gasteiger partial charge in [-0.15, -0.1) is 10.2 Å². The van der Waals surface area contributed by atoms with E-state index in [1.165, 1.54) is 7.11 Å². The van der Waals surface area contributed by atoms with Crippen molar-refractivity contribution in [3.05, 3.63) is 70.9 Å². The number of amides is 1. The summed E-state index contributed by atoms with van der Waals surface area (Å²) in [5.41, 5.74) is 1.60. The fourth-order valence-electron chi connectivity index (χ4n) is 2.47. The van der Waals surface area contributed by atoms with E-state index in [1.807, 2.05) is 24.3 Å². The number of anilines is 2. The Labute approximate surface area is 167 Å². The Morgan fingerprint density at radius 3 is 2.54 bits per heavy atom. The molecule has 0 radical (unpaired) electrons. The van der Waals surface area contributed by atoms with Crippen LogP contribution >= 0.6 is 11.6 Å². The number of aromatic nitrogens is 2. The van der Waals surface area contributed by atoms with E-state index in [-0.39, 0.29) is 5.69 Å². The molecule has 0 aliphatic carbocycles. The van der Waals surface area contributed by atoms with Crippen molar-refractivity contribution in [2.24, 2.45) is 0 Å². The average molecular weight is 399 g/mol. The Kier molecular flexibility index (Phi) is 6.29. The van der Waals surface area contributed by atoms with Crippen molar-refractivity contribution in [1.29, 1.82) is 0 Å². The minimum atomic E-state index is -0.406. The summed E-state index contributed by atoms with van der Waals surface area (Å²) in [5, 5.41) is 14.6. The van der Waals surface area contributed by atoms with E-state index in [2.05, 4.69) is 20.8 Å². The number of methoxy groups -OCH3 is 2. The topological polar surface area (TPSA) is 85.4 Å².